The lowest BCUT2D eigenvalue weighted by atomic mass is 9.99. The highest BCUT2D eigenvalue weighted by Crippen LogP contribution is 2.37. The molecule has 0 N–H and O–H groups in total. The van der Waals surface area contributed by atoms with E-state index in [0.717, 1.165) is 12.3 Å². The molecule has 0 spiro atoms. The molecule has 0 aliphatic carbocycles. The molecule has 0 atom stereocenters. The zero-order valence-electron chi connectivity index (χ0n) is 14.2. The van der Waals surface area contributed by atoms with E-state index in [1.807, 2.05) is 0 Å². The summed E-state index contributed by atoms with van der Waals surface area (Å²) in [7, 11) is -2.14. The first-order valence-electron chi connectivity index (χ1n) is 7.52. The van der Waals surface area contributed by atoms with Gasteiger partial charge in [-0.3, -0.25) is 0 Å². The Morgan fingerprint density at radius 2 is 1.85 bits per heavy atom. The maximum absolute atomic E-state index is 14.3. The highest BCUT2D eigenvalue weighted by atomic mass is 35.5. The van der Waals surface area contributed by atoms with E-state index >= 15 is 0 Å². The van der Waals surface area contributed by atoms with Crippen molar-refractivity contribution in [1.82, 2.24) is 5.16 Å². The van der Waals surface area contributed by atoms with Crippen LogP contribution in [0.3, 0.4) is 0 Å². The van der Waals surface area contributed by atoms with Gasteiger partial charge in [0.1, 0.15) is 27.9 Å². The highest BCUT2D eigenvalue weighted by molar-refractivity contribution is 7.90. The molecule has 26 heavy (non-hydrogen) atoms. The number of benzene rings is 2. The Labute approximate surface area is 155 Å². The van der Waals surface area contributed by atoms with E-state index < -0.39 is 15.7 Å². The molecule has 0 radical (unpaired) electrons. The van der Waals surface area contributed by atoms with Crippen LogP contribution in [-0.2, 0) is 9.84 Å². The second-order valence-electron chi connectivity index (χ2n) is 5.73. The molecule has 0 fully saturated rings. The number of sulfone groups is 1. The van der Waals surface area contributed by atoms with Gasteiger partial charge in [0.25, 0.3) is 0 Å². The van der Waals surface area contributed by atoms with E-state index in [1.54, 1.807) is 25.1 Å². The molecular weight excluding hydrogens is 381 g/mol. The number of halogens is 2. The quantitative estimate of drug-likeness (QED) is 0.649. The zero-order chi connectivity index (χ0) is 19.1. The molecule has 3 rings (SSSR count). The van der Waals surface area contributed by atoms with Crippen LogP contribution in [0.5, 0.6) is 5.75 Å². The zero-order valence-corrected chi connectivity index (χ0v) is 15.8. The van der Waals surface area contributed by atoms with Gasteiger partial charge >= 0.3 is 0 Å². The lowest BCUT2D eigenvalue weighted by Crippen LogP contribution is -2.00. The fourth-order valence-electron chi connectivity index (χ4n) is 2.68. The van der Waals surface area contributed by atoms with E-state index in [1.165, 1.54) is 19.2 Å². The molecule has 0 aliphatic heterocycles. The second kappa shape index (κ2) is 6.74. The van der Waals surface area contributed by atoms with Gasteiger partial charge in [0, 0.05) is 11.8 Å². The largest absolute Gasteiger partial charge is 0.495 e. The van der Waals surface area contributed by atoms with Crippen LogP contribution in [-0.4, -0.2) is 26.9 Å². The van der Waals surface area contributed by atoms with Gasteiger partial charge in [0.05, 0.1) is 17.7 Å². The number of rotatable bonds is 4. The van der Waals surface area contributed by atoms with Crippen LogP contribution in [0.2, 0.25) is 5.02 Å². The molecule has 8 heteroatoms. The maximum atomic E-state index is 14.3. The van der Waals surface area contributed by atoms with Crippen molar-refractivity contribution in [2.45, 2.75) is 11.8 Å². The van der Waals surface area contributed by atoms with Crippen LogP contribution in [0.4, 0.5) is 4.39 Å². The predicted octanol–water partition coefficient (Wildman–Crippen LogP) is 4.52. The summed E-state index contributed by atoms with van der Waals surface area (Å²) in [4.78, 5) is -0.357. The summed E-state index contributed by atoms with van der Waals surface area (Å²) in [5.74, 6) is 0.156. The summed E-state index contributed by atoms with van der Waals surface area (Å²) < 4.78 is 47.9. The lowest BCUT2D eigenvalue weighted by Gasteiger charge is -2.08. The summed E-state index contributed by atoms with van der Waals surface area (Å²) in [5, 5.41) is 4.44. The van der Waals surface area contributed by atoms with E-state index in [-0.39, 0.29) is 4.90 Å². The fraction of sp³-hybridized carbons (Fsp3) is 0.167. The minimum Gasteiger partial charge on any atom is -0.495 e. The molecule has 0 aliphatic rings. The molecule has 0 saturated carbocycles. The van der Waals surface area contributed by atoms with Crippen molar-refractivity contribution in [2.75, 3.05) is 13.4 Å². The molecule has 0 bridgehead atoms. The topological polar surface area (TPSA) is 69.4 Å². The van der Waals surface area contributed by atoms with Crippen LogP contribution >= 0.6 is 11.6 Å². The molecule has 0 unspecified atom stereocenters. The van der Waals surface area contributed by atoms with Gasteiger partial charge in [0.15, 0.2) is 9.84 Å². The van der Waals surface area contributed by atoms with Gasteiger partial charge in [0.2, 0.25) is 0 Å². The van der Waals surface area contributed by atoms with Crippen LogP contribution in [0.25, 0.3) is 22.4 Å². The lowest BCUT2D eigenvalue weighted by molar-refractivity contribution is 0.400. The summed E-state index contributed by atoms with van der Waals surface area (Å²) >= 11 is 6.17. The molecule has 5 nitrogen and oxygen atoms in total. The third kappa shape index (κ3) is 3.32. The Hall–Kier alpha value is -2.38. The molecule has 2 aromatic carbocycles. The van der Waals surface area contributed by atoms with Crippen molar-refractivity contribution in [1.29, 1.82) is 0 Å². The minimum atomic E-state index is -3.65. The first kappa shape index (κ1) is 18.4. The number of hydrogen-bond acceptors (Lipinski definition) is 5. The maximum Gasteiger partial charge on any atom is 0.178 e. The molecule has 136 valence electrons. The third-order valence-electron chi connectivity index (χ3n) is 3.91. The van der Waals surface area contributed by atoms with Crippen LogP contribution in [0, 0.1) is 12.7 Å². The monoisotopic (exact) mass is 395 g/mol. The Kier molecular flexibility index (Phi) is 4.77. The summed E-state index contributed by atoms with van der Waals surface area (Å²) in [5.41, 5.74) is 2.15. The summed E-state index contributed by atoms with van der Waals surface area (Å²) in [6.07, 6.45) is 0.959. The molecule has 0 amide bonds. The van der Waals surface area contributed by atoms with Crippen molar-refractivity contribution in [3.8, 4) is 28.1 Å². The summed E-state index contributed by atoms with van der Waals surface area (Å²) in [6, 6.07) is 9.03. The van der Waals surface area contributed by atoms with Gasteiger partial charge in [-0.05, 0) is 42.8 Å². The standard InChI is InChI=1S/C18H15ClFNO4S/c1-10-17(11-5-7-16(14(20)9-11)26(3,22)23)18(21-25-10)12-4-6-15(24-2)13(19)8-12/h4-9H,1-3H3. The van der Waals surface area contributed by atoms with E-state index in [9.17, 15) is 12.8 Å². The smallest absolute Gasteiger partial charge is 0.178 e. The molecule has 1 heterocycles. The SMILES string of the molecule is COc1ccc(-c2noc(C)c2-c2ccc(S(C)(=O)=O)c(F)c2)cc1Cl. The van der Waals surface area contributed by atoms with Gasteiger partial charge < -0.3 is 9.26 Å². The van der Waals surface area contributed by atoms with Gasteiger partial charge in [-0.1, -0.05) is 22.8 Å². The number of methoxy groups -OCH3 is 1. The number of ether oxygens (including phenoxy) is 1. The van der Waals surface area contributed by atoms with Crippen molar-refractivity contribution >= 4 is 21.4 Å². The Morgan fingerprint density at radius 3 is 2.42 bits per heavy atom. The van der Waals surface area contributed by atoms with E-state index in [2.05, 4.69) is 5.16 Å². The Bertz CT molecular complexity index is 1090. The first-order valence-corrected chi connectivity index (χ1v) is 9.79. The van der Waals surface area contributed by atoms with Crippen molar-refractivity contribution in [2.24, 2.45) is 0 Å². The Balaban J connectivity index is 2.15. The Morgan fingerprint density at radius 1 is 1.15 bits per heavy atom. The normalized spacial score (nSPS) is 11.6. The van der Waals surface area contributed by atoms with Crippen LogP contribution < -0.4 is 4.74 Å². The molecule has 1 aromatic heterocycles. The van der Waals surface area contributed by atoms with Gasteiger partial charge in [-0.25, -0.2) is 12.8 Å². The average Bonchev–Trinajstić information content (AvgIpc) is 2.95. The average molecular weight is 396 g/mol. The minimum absolute atomic E-state index is 0.357. The van der Waals surface area contributed by atoms with Crippen molar-refractivity contribution in [3.05, 3.63) is 53.0 Å². The van der Waals surface area contributed by atoms with Crippen molar-refractivity contribution in [3.63, 3.8) is 0 Å². The third-order valence-corrected chi connectivity index (χ3v) is 5.33. The van der Waals surface area contributed by atoms with Crippen molar-refractivity contribution < 1.29 is 22.1 Å². The predicted molar refractivity (Wildman–Crippen MR) is 96.7 cm³/mol. The van der Waals surface area contributed by atoms with E-state index in [4.69, 9.17) is 20.9 Å². The fourth-order valence-corrected chi connectivity index (χ4v) is 3.67. The molecule has 3 aromatic rings. The second-order valence-corrected chi connectivity index (χ2v) is 8.12. The van der Waals surface area contributed by atoms with E-state index in [0.29, 0.717) is 38.9 Å². The van der Waals surface area contributed by atoms with Crippen LogP contribution in [0.1, 0.15) is 5.76 Å². The molecular formula is C18H15ClFNO4S. The number of aromatic nitrogens is 1. The summed E-state index contributed by atoms with van der Waals surface area (Å²) in [6.45, 7) is 1.69. The van der Waals surface area contributed by atoms with Gasteiger partial charge in [-0.2, -0.15) is 0 Å². The van der Waals surface area contributed by atoms with Gasteiger partial charge in [-0.15, -0.1) is 0 Å². The number of aryl methyl sites for hydroxylation is 1. The highest BCUT2D eigenvalue weighted by Gasteiger charge is 2.20. The van der Waals surface area contributed by atoms with Crippen LogP contribution in [0.15, 0.2) is 45.8 Å². The number of hydrogen-bond donors (Lipinski definition) is 0. The number of nitrogens with zero attached hydrogens (tertiary/aromatic N) is 1. The first-order chi connectivity index (χ1) is 12.2. The molecule has 0 saturated heterocycles.